The summed E-state index contributed by atoms with van der Waals surface area (Å²) in [6.45, 7) is 0.435. The predicted octanol–water partition coefficient (Wildman–Crippen LogP) is -0.209. The molecular formula is C10H14N4O2. The average Bonchev–Trinajstić information content (AvgIpc) is 2.16. The maximum absolute atomic E-state index is 10.9. The van der Waals surface area contributed by atoms with Gasteiger partial charge in [-0.05, 0) is 36.7 Å². The molecule has 0 aliphatic carbocycles. The zero-order valence-corrected chi connectivity index (χ0v) is 8.68. The summed E-state index contributed by atoms with van der Waals surface area (Å²) >= 11 is 0. The number of nitrogens with zero attached hydrogens (tertiary/aromatic N) is 1. The Morgan fingerprint density at radius 2 is 2.00 bits per heavy atom. The van der Waals surface area contributed by atoms with Gasteiger partial charge in [0.25, 0.3) is 0 Å². The second-order valence-corrected chi connectivity index (χ2v) is 3.27. The SMILES string of the molecule is NCCc1cc(N=C(N)N)cc(C(=O)O)c1. The fourth-order valence-corrected chi connectivity index (χ4v) is 1.32. The van der Waals surface area contributed by atoms with Crippen LogP contribution in [-0.2, 0) is 6.42 Å². The number of hydrogen-bond acceptors (Lipinski definition) is 3. The van der Waals surface area contributed by atoms with Crippen LogP contribution in [0.4, 0.5) is 5.69 Å². The number of aromatic carboxylic acids is 1. The molecule has 0 saturated heterocycles. The predicted molar refractivity (Wildman–Crippen MR) is 61.6 cm³/mol. The van der Waals surface area contributed by atoms with Crippen LogP contribution in [0.3, 0.4) is 0 Å². The Balaban J connectivity index is 3.18. The van der Waals surface area contributed by atoms with E-state index in [2.05, 4.69) is 4.99 Å². The molecule has 16 heavy (non-hydrogen) atoms. The number of rotatable bonds is 4. The maximum Gasteiger partial charge on any atom is 0.335 e. The standard InChI is InChI=1S/C10H14N4O2/c11-2-1-6-3-7(9(15)16)5-8(4-6)14-10(12)13/h3-5H,1-2,11H2,(H,15,16)(H4,12,13,14). The van der Waals surface area contributed by atoms with Gasteiger partial charge in [-0.1, -0.05) is 0 Å². The van der Waals surface area contributed by atoms with Crippen LogP contribution in [0.1, 0.15) is 15.9 Å². The van der Waals surface area contributed by atoms with E-state index < -0.39 is 5.97 Å². The van der Waals surface area contributed by atoms with Crippen molar-refractivity contribution in [3.05, 3.63) is 29.3 Å². The molecule has 0 fully saturated rings. The Kier molecular flexibility index (Phi) is 3.84. The summed E-state index contributed by atoms with van der Waals surface area (Å²) in [4.78, 5) is 14.7. The maximum atomic E-state index is 10.9. The van der Waals surface area contributed by atoms with Crippen molar-refractivity contribution in [1.82, 2.24) is 0 Å². The van der Waals surface area contributed by atoms with E-state index in [9.17, 15) is 4.79 Å². The molecular weight excluding hydrogens is 208 g/mol. The summed E-state index contributed by atoms with van der Waals surface area (Å²) in [6, 6.07) is 4.67. The highest BCUT2D eigenvalue weighted by Crippen LogP contribution is 2.18. The highest BCUT2D eigenvalue weighted by atomic mass is 16.4. The second-order valence-electron chi connectivity index (χ2n) is 3.27. The van der Waals surface area contributed by atoms with Gasteiger partial charge in [0.05, 0.1) is 11.3 Å². The third-order valence-corrected chi connectivity index (χ3v) is 1.92. The first-order chi connectivity index (χ1) is 7.52. The molecule has 7 N–H and O–H groups in total. The van der Waals surface area contributed by atoms with Crippen molar-refractivity contribution in [3.8, 4) is 0 Å². The van der Waals surface area contributed by atoms with Crippen LogP contribution in [-0.4, -0.2) is 23.6 Å². The first kappa shape index (κ1) is 12.0. The van der Waals surface area contributed by atoms with E-state index in [1.54, 1.807) is 12.1 Å². The first-order valence-electron chi connectivity index (χ1n) is 4.70. The van der Waals surface area contributed by atoms with Crippen LogP contribution in [0.25, 0.3) is 0 Å². The minimum Gasteiger partial charge on any atom is -0.478 e. The van der Waals surface area contributed by atoms with Gasteiger partial charge >= 0.3 is 5.97 Å². The minimum absolute atomic E-state index is 0.110. The summed E-state index contributed by atoms with van der Waals surface area (Å²) < 4.78 is 0. The molecule has 0 spiro atoms. The van der Waals surface area contributed by atoms with Crippen LogP contribution in [0.15, 0.2) is 23.2 Å². The van der Waals surface area contributed by atoms with Gasteiger partial charge in [0.2, 0.25) is 0 Å². The van der Waals surface area contributed by atoms with Gasteiger partial charge in [-0.15, -0.1) is 0 Å². The molecule has 0 atom stereocenters. The van der Waals surface area contributed by atoms with Crippen molar-refractivity contribution in [2.45, 2.75) is 6.42 Å². The third-order valence-electron chi connectivity index (χ3n) is 1.92. The lowest BCUT2D eigenvalue weighted by atomic mass is 10.1. The van der Waals surface area contributed by atoms with E-state index in [1.165, 1.54) is 6.07 Å². The van der Waals surface area contributed by atoms with E-state index in [0.717, 1.165) is 5.56 Å². The summed E-state index contributed by atoms with van der Waals surface area (Å²) in [5.74, 6) is -1.13. The van der Waals surface area contributed by atoms with Crippen molar-refractivity contribution in [3.63, 3.8) is 0 Å². The Morgan fingerprint density at radius 1 is 1.31 bits per heavy atom. The second kappa shape index (κ2) is 5.13. The van der Waals surface area contributed by atoms with E-state index in [0.29, 0.717) is 18.7 Å². The zero-order chi connectivity index (χ0) is 12.1. The normalized spacial score (nSPS) is 9.81. The summed E-state index contributed by atoms with van der Waals surface area (Å²) in [5.41, 5.74) is 17.2. The molecule has 0 aromatic heterocycles. The van der Waals surface area contributed by atoms with Gasteiger partial charge in [0.1, 0.15) is 0 Å². The number of nitrogens with two attached hydrogens (primary N) is 3. The number of benzene rings is 1. The Hall–Kier alpha value is -2.08. The molecule has 0 aliphatic heterocycles. The summed E-state index contributed by atoms with van der Waals surface area (Å²) in [7, 11) is 0. The first-order valence-corrected chi connectivity index (χ1v) is 4.70. The summed E-state index contributed by atoms with van der Waals surface area (Å²) in [5, 5.41) is 8.89. The molecule has 6 nitrogen and oxygen atoms in total. The van der Waals surface area contributed by atoms with Crippen LogP contribution < -0.4 is 17.2 Å². The minimum atomic E-state index is -1.02. The lowest BCUT2D eigenvalue weighted by Crippen LogP contribution is -2.22. The van der Waals surface area contributed by atoms with Crippen molar-refractivity contribution < 1.29 is 9.90 Å². The van der Waals surface area contributed by atoms with Gasteiger partial charge in [-0.2, -0.15) is 0 Å². The monoisotopic (exact) mass is 222 g/mol. The molecule has 0 radical (unpaired) electrons. The fraction of sp³-hybridized carbons (Fsp3) is 0.200. The molecule has 0 heterocycles. The number of carboxylic acid groups (broad SMARTS) is 1. The smallest absolute Gasteiger partial charge is 0.335 e. The van der Waals surface area contributed by atoms with Gasteiger partial charge in [0, 0.05) is 0 Å². The fourth-order valence-electron chi connectivity index (χ4n) is 1.32. The largest absolute Gasteiger partial charge is 0.478 e. The molecule has 1 aromatic rings. The Bertz CT molecular complexity index is 425. The van der Waals surface area contributed by atoms with Crippen molar-refractivity contribution in [2.24, 2.45) is 22.2 Å². The lowest BCUT2D eigenvalue weighted by Gasteiger charge is -2.04. The number of carbonyl (C=O) groups is 1. The van der Waals surface area contributed by atoms with E-state index >= 15 is 0 Å². The van der Waals surface area contributed by atoms with Gasteiger partial charge in [0.15, 0.2) is 5.96 Å². The van der Waals surface area contributed by atoms with E-state index in [4.69, 9.17) is 22.3 Å². The number of hydrogen-bond donors (Lipinski definition) is 4. The van der Waals surface area contributed by atoms with Gasteiger partial charge < -0.3 is 22.3 Å². The van der Waals surface area contributed by atoms with Gasteiger partial charge in [-0.3, -0.25) is 0 Å². The molecule has 0 amide bonds. The van der Waals surface area contributed by atoms with E-state index in [-0.39, 0.29) is 11.5 Å². The summed E-state index contributed by atoms with van der Waals surface area (Å²) in [6.07, 6.45) is 0.577. The molecule has 86 valence electrons. The number of aliphatic imine (C=N–C) groups is 1. The molecule has 0 saturated carbocycles. The van der Waals surface area contributed by atoms with Crippen molar-refractivity contribution in [2.75, 3.05) is 6.54 Å². The number of carboxylic acids is 1. The molecule has 1 rings (SSSR count). The molecule has 6 heteroatoms. The number of guanidine groups is 1. The zero-order valence-electron chi connectivity index (χ0n) is 8.68. The molecule has 0 aliphatic rings. The van der Waals surface area contributed by atoms with Crippen LogP contribution in [0.5, 0.6) is 0 Å². The highest BCUT2D eigenvalue weighted by molar-refractivity contribution is 5.89. The highest BCUT2D eigenvalue weighted by Gasteiger charge is 2.06. The van der Waals surface area contributed by atoms with E-state index in [1.807, 2.05) is 0 Å². The molecule has 1 aromatic carbocycles. The van der Waals surface area contributed by atoms with Crippen LogP contribution in [0, 0.1) is 0 Å². The third kappa shape index (κ3) is 3.25. The van der Waals surface area contributed by atoms with Crippen LogP contribution in [0.2, 0.25) is 0 Å². The Labute approximate surface area is 92.8 Å². The quantitative estimate of drug-likeness (QED) is 0.414. The average molecular weight is 222 g/mol. The van der Waals surface area contributed by atoms with Crippen molar-refractivity contribution >= 4 is 17.6 Å². The van der Waals surface area contributed by atoms with Crippen molar-refractivity contribution in [1.29, 1.82) is 0 Å². The molecule has 0 unspecified atom stereocenters. The Morgan fingerprint density at radius 3 is 2.50 bits per heavy atom. The topological polar surface area (TPSA) is 128 Å². The van der Waals surface area contributed by atoms with Crippen LogP contribution >= 0.6 is 0 Å². The van der Waals surface area contributed by atoms with Gasteiger partial charge in [-0.25, -0.2) is 9.79 Å². The molecule has 0 bridgehead atoms. The lowest BCUT2D eigenvalue weighted by molar-refractivity contribution is 0.0697.